The van der Waals surface area contributed by atoms with Gasteiger partial charge in [-0.25, -0.2) is 0 Å². The summed E-state index contributed by atoms with van der Waals surface area (Å²) < 4.78 is 40.3. The summed E-state index contributed by atoms with van der Waals surface area (Å²) >= 11 is 0. The van der Waals surface area contributed by atoms with Gasteiger partial charge >= 0.3 is 6.18 Å². The Kier molecular flexibility index (Phi) is 6.11. The molecule has 1 fully saturated rings. The highest BCUT2D eigenvalue weighted by Gasteiger charge is 2.55. The minimum atomic E-state index is -4.90. The summed E-state index contributed by atoms with van der Waals surface area (Å²) in [5.74, 6) is -0.508. The first-order chi connectivity index (χ1) is 11.7. The highest BCUT2D eigenvalue weighted by molar-refractivity contribution is 5.76. The molecule has 25 heavy (non-hydrogen) atoms. The molecule has 1 amide bonds. The van der Waals surface area contributed by atoms with Gasteiger partial charge in [0.15, 0.2) is 0 Å². The highest BCUT2D eigenvalue weighted by Crippen LogP contribution is 2.40. The Morgan fingerprint density at radius 3 is 2.28 bits per heavy atom. The molecule has 4 N–H and O–H groups in total. The molecule has 1 aliphatic carbocycles. The maximum Gasteiger partial charge on any atom is 0.423 e. The number of alkyl halides is 3. The first-order valence-corrected chi connectivity index (χ1v) is 8.54. The molecule has 0 bridgehead atoms. The molecule has 0 radical (unpaired) electrons. The van der Waals surface area contributed by atoms with E-state index in [0.717, 1.165) is 32.1 Å². The number of amides is 1. The SMILES string of the molecule is NCC1(CC(=O)NCC(O)(c2ccccc2)C(F)(F)F)CCCCC1. The number of carbonyl (C=O) groups is 1. The van der Waals surface area contributed by atoms with Gasteiger partial charge in [0.2, 0.25) is 11.5 Å². The molecule has 0 aliphatic heterocycles. The molecule has 7 heteroatoms. The van der Waals surface area contributed by atoms with E-state index in [-0.39, 0.29) is 17.4 Å². The van der Waals surface area contributed by atoms with Crippen molar-refractivity contribution in [3.63, 3.8) is 0 Å². The number of hydrogen-bond acceptors (Lipinski definition) is 3. The van der Waals surface area contributed by atoms with Crippen LogP contribution in [0.25, 0.3) is 0 Å². The lowest BCUT2D eigenvalue weighted by atomic mass is 9.71. The molecule has 4 nitrogen and oxygen atoms in total. The summed E-state index contributed by atoms with van der Waals surface area (Å²) in [6.07, 6.45) is -0.171. The Balaban J connectivity index is 2.07. The molecule has 0 heterocycles. The molecule has 1 atom stereocenters. The van der Waals surface area contributed by atoms with Crippen LogP contribution in [0, 0.1) is 5.41 Å². The average Bonchev–Trinajstić information content (AvgIpc) is 2.60. The monoisotopic (exact) mass is 358 g/mol. The zero-order chi connectivity index (χ0) is 18.6. The van der Waals surface area contributed by atoms with Crippen molar-refractivity contribution in [3.8, 4) is 0 Å². The zero-order valence-electron chi connectivity index (χ0n) is 14.1. The molecule has 1 aromatic rings. The normalized spacial score (nSPS) is 19.9. The number of rotatable bonds is 6. The predicted molar refractivity (Wildman–Crippen MR) is 88.6 cm³/mol. The molecule has 0 saturated heterocycles. The number of benzene rings is 1. The zero-order valence-corrected chi connectivity index (χ0v) is 14.1. The topological polar surface area (TPSA) is 75.4 Å². The first kappa shape index (κ1) is 19.7. The van der Waals surface area contributed by atoms with Crippen molar-refractivity contribution in [1.82, 2.24) is 5.32 Å². The average molecular weight is 358 g/mol. The summed E-state index contributed by atoms with van der Waals surface area (Å²) in [7, 11) is 0. The number of halogens is 3. The largest absolute Gasteiger partial charge is 0.423 e. The quantitative estimate of drug-likeness (QED) is 0.732. The smallest absolute Gasteiger partial charge is 0.375 e. The Morgan fingerprint density at radius 2 is 1.76 bits per heavy atom. The van der Waals surface area contributed by atoms with E-state index in [9.17, 15) is 23.1 Å². The summed E-state index contributed by atoms with van der Waals surface area (Å²) in [4.78, 5) is 12.2. The van der Waals surface area contributed by atoms with Crippen molar-refractivity contribution < 1.29 is 23.1 Å². The Hall–Kier alpha value is -1.60. The van der Waals surface area contributed by atoms with Gasteiger partial charge in [-0.05, 0) is 30.4 Å². The Bertz CT molecular complexity index is 571. The standard InChI is InChI=1S/C18H25F3N2O2/c19-18(20,21)17(25,14-7-3-1-4-8-14)13-23-15(24)11-16(12-22)9-5-2-6-10-16/h1,3-4,7-8,25H,2,5-6,9-13,22H2,(H,23,24). The van der Waals surface area contributed by atoms with E-state index < -0.39 is 24.2 Å². The molecular weight excluding hydrogens is 333 g/mol. The summed E-state index contributed by atoms with van der Waals surface area (Å²) in [5, 5.41) is 12.5. The molecule has 2 rings (SSSR count). The fraction of sp³-hybridized carbons (Fsp3) is 0.611. The minimum absolute atomic E-state index is 0.0895. The van der Waals surface area contributed by atoms with Crippen LogP contribution in [0.15, 0.2) is 30.3 Å². The second-order valence-electron chi connectivity index (χ2n) is 6.94. The third kappa shape index (κ3) is 4.52. The van der Waals surface area contributed by atoms with Gasteiger partial charge in [-0.1, -0.05) is 49.6 Å². The van der Waals surface area contributed by atoms with Crippen molar-refractivity contribution >= 4 is 5.91 Å². The molecule has 1 unspecified atom stereocenters. The third-order valence-electron chi connectivity index (χ3n) is 5.14. The lowest BCUT2D eigenvalue weighted by molar-refractivity contribution is -0.264. The van der Waals surface area contributed by atoms with E-state index in [1.54, 1.807) is 6.07 Å². The second-order valence-corrected chi connectivity index (χ2v) is 6.94. The molecule has 1 aliphatic rings. The number of carbonyl (C=O) groups excluding carboxylic acids is 1. The molecule has 1 aromatic carbocycles. The van der Waals surface area contributed by atoms with Crippen LogP contribution >= 0.6 is 0 Å². The molecule has 140 valence electrons. The van der Waals surface area contributed by atoms with Crippen LogP contribution in [0.2, 0.25) is 0 Å². The highest BCUT2D eigenvalue weighted by atomic mass is 19.4. The van der Waals surface area contributed by atoms with Crippen molar-refractivity contribution in [2.75, 3.05) is 13.1 Å². The summed E-state index contributed by atoms with van der Waals surface area (Å²) in [6, 6.07) is 6.79. The fourth-order valence-electron chi connectivity index (χ4n) is 3.46. The van der Waals surface area contributed by atoms with Crippen molar-refractivity contribution in [1.29, 1.82) is 0 Å². The molecule has 0 aromatic heterocycles. The Morgan fingerprint density at radius 1 is 1.16 bits per heavy atom. The van der Waals surface area contributed by atoms with E-state index in [4.69, 9.17) is 5.73 Å². The number of nitrogens with two attached hydrogens (primary N) is 1. The number of hydrogen-bond donors (Lipinski definition) is 3. The van der Waals surface area contributed by atoms with Crippen LogP contribution < -0.4 is 11.1 Å². The predicted octanol–water partition coefficient (Wildman–Crippen LogP) is 2.85. The van der Waals surface area contributed by atoms with Gasteiger partial charge in [-0.2, -0.15) is 13.2 Å². The maximum atomic E-state index is 13.4. The van der Waals surface area contributed by atoms with E-state index in [2.05, 4.69) is 5.32 Å². The van der Waals surface area contributed by atoms with Gasteiger partial charge in [0, 0.05) is 6.42 Å². The van der Waals surface area contributed by atoms with E-state index in [0.29, 0.717) is 6.54 Å². The van der Waals surface area contributed by atoms with Crippen LogP contribution in [0.5, 0.6) is 0 Å². The molecular formula is C18H25F3N2O2. The molecule has 1 saturated carbocycles. The van der Waals surface area contributed by atoms with Crippen molar-refractivity contribution in [2.45, 2.75) is 50.3 Å². The van der Waals surface area contributed by atoms with Gasteiger partial charge in [0.25, 0.3) is 0 Å². The van der Waals surface area contributed by atoms with Crippen LogP contribution in [0.4, 0.5) is 13.2 Å². The van der Waals surface area contributed by atoms with Gasteiger partial charge in [0.1, 0.15) is 0 Å². The summed E-state index contributed by atoms with van der Waals surface area (Å²) in [5.41, 5.74) is 2.06. The lowest BCUT2D eigenvalue weighted by Gasteiger charge is -2.36. The lowest BCUT2D eigenvalue weighted by Crippen LogP contribution is -2.51. The maximum absolute atomic E-state index is 13.4. The van der Waals surface area contributed by atoms with E-state index >= 15 is 0 Å². The third-order valence-corrected chi connectivity index (χ3v) is 5.14. The van der Waals surface area contributed by atoms with Gasteiger partial charge in [0.05, 0.1) is 6.54 Å². The van der Waals surface area contributed by atoms with Crippen LogP contribution in [0.1, 0.15) is 44.1 Å². The van der Waals surface area contributed by atoms with Gasteiger partial charge < -0.3 is 16.2 Å². The van der Waals surface area contributed by atoms with Crippen molar-refractivity contribution in [3.05, 3.63) is 35.9 Å². The van der Waals surface area contributed by atoms with E-state index in [1.165, 1.54) is 24.3 Å². The minimum Gasteiger partial charge on any atom is -0.375 e. The van der Waals surface area contributed by atoms with Gasteiger partial charge in [-0.15, -0.1) is 0 Å². The Labute approximate surface area is 145 Å². The second kappa shape index (κ2) is 7.74. The van der Waals surface area contributed by atoms with Crippen LogP contribution in [-0.4, -0.2) is 30.3 Å². The summed E-state index contributed by atoms with van der Waals surface area (Å²) in [6.45, 7) is -0.581. The van der Waals surface area contributed by atoms with Gasteiger partial charge in [-0.3, -0.25) is 4.79 Å². The number of aliphatic hydroxyl groups is 1. The van der Waals surface area contributed by atoms with Crippen LogP contribution in [-0.2, 0) is 10.4 Å². The fourth-order valence-corrected chi connectivity index (χ4v) is 3.46. The van der Waals surface area contributed by atoms with Crippen molar-refractivity contribution in [2.24, 2.45) is 11.1 Å². The van der Waals surface area contributed by atoms with E-state index in [1.807, 2.05) is 0 Å². The molecule has 0 spiro atoms. The van der Waals surface area contributed by atoms with Crippen LogP contribution in [0.3, 0.4) is 0 Å². The number of nitrogens with one attached hydrogen (secondary N) is 1. The first-order valence-electron chi connectivity index (χ1n) is 8.54.